The Bertz CT molecular complexity index is 1100. The van der Waals surface area contributed by atoms with Crippen molar-refractivity contribution in [2.75, 3.05) is 43.0 Å². The van der Waals surface area contributed by atoms with Gasteiger partial charge in [0.05, 0.1) is 17.4 Å². The van der Waals surface area contributed by atoms with Crippen LogP contribution in [0.2, 0.25) is 0 Å². The van der Waals surface area contributed by atoms with E-state index < -0.39 is 39.1 Å². The number of ketones is 1. The number of rotatable bonds is 12. The van der Waals surface area contributed by atoms with Crippen LogP contribution in [0.3, 0.4) is 0 Å². The zero-order valence-corrected chi connectivity index (χ0v) is 21.1. The summed E-state index contributed by atoms with van der Waals surface area (Å²) in [6.45, 7) is 3.52. The fraction of sp³-hybridized carbons (Fsp3) is 0.545. The van der Waals surface area contributed by atoms with Gasteiger partial charge in [0.25, 0.3) is 0 Å². The van der Waals surface area contributed by atoms with Gasteiger partial charge in [-0.25, -0.2) is 26.5 Å². The summed E-state index contributed by atoms with van der Waals surface area (Å²) >= 11 is 0.912. The first kappa shape index (κ1) is 27.4. The average molecular weight is 532 g/mol. The van der Waals surface area contributed by atoms with Gasteiger partial charge in [0, 0.05) is 25.7 Å². The highest BCUT2D eigenvalue weighted by atomic mass is 32.2. The Hall–Kier alpha value is -2.19. The van der Waals surface area contributed by atoms with Crippen molar-refractivity contribution in [3.05, 3.63) is 40.3 Å². The number of nitrogens with one attached hydrogen (secondary N) is 2. The van der Waals surface area contributed by atoms with Crippen LogP contribution < -0.4 is 16.4 Å². The van der Waals surface area contributed by atoms with Crippen molar-refractivity contribution in [2.45, 2.75) is 44.8 Å². The van der Waals surface area contributed by atoms with Crippen LogP contribution in [0.1, 0.15) is 47.8 Å². The van der Waals surface area contributed by atoms with Gasteiger partial charge in [-0.2, -0.15) is 0 Å². The smallest absolute Gasteiger partial charge is 0.214 e. The molecule has 0 saturated carbocycles. The molecule has 0 amide bonds. The molecule has 2 heterocycles. The van der Waals surface area contributed by atoms with Crippen LogP contribution in [0.15, 0.2) is 18.2 Å². The van der Waals surface area contributed by atoms with Crippen LogP contribution in [0.4, 0.5) is 19.7 Å². The number of benzene rings is 1. The number of nitrogens with zero attached hydrogens (tertiary/aromatic N) is 2. The van der Waals surface area contributed by atoms with Gasteiger partial charge in [-0.1, -0.05) is 24.3 Å². The monoisotopic (exact) mass is 531 g/mol. The van der Waals surface area contributed by atoms with Crippen molar-refractivity contribution in [1.29, 1.82) is 0 Å². The molecule has 9 nitrogen and oxygen atoms in total. The van der Waals surface area contributed by atoms with Gasteiger partial charge in [0.2, 0.25) is 15.8 Å². The molecule has 0 aliphatic carbocycles. The molecular weight excluding hydrogens is 500 g/mol. The molecular formula is C22H31F2N5O4S2. The first-order valence-corrected chi connectivity index (χ1v) is 13.9. The first-order chi connectivity index (χ1) is 16.6. The van der Waals surface area contributed by atoms with Crippen LogP contribution in [0.25, 0.3) is 0 Å². The van der Waals surface area contributed by atoms with E-state index in [0.29, 0.717) is 57.0 Å². The summed E-state index contributed by atoms with van der Waals surface area (Å²) in [7, 11) is -3.38. The fourth-order valence-corrected chi connectivity index (χ4v) is 6.20. The molecule has 1 aromatic carbocycles. The minimum atomic E-state index is -3.38. The van der Waals surface area contributed by atoms with E-state index in [9.17, 15) is 27.1 Å². The third-order valence-electron chi connectivity index (χ3n) is 5.83. The molecule has 1 saturated heterocycles. The molecule has 1 atom stereocenters. The number of anilines is 2. The minimum absolute atomic E-state index is 0.0292. The number of nitrogen functional groups attached to an aromatic ring is 1. The number of aliphatic hydroxyl groups is 1. The van der Waals surface area contributed by atoms with E-state index >= 15 is 0 Å². The molecule has 0 spiro atoms. The quantitative estimate of drug-likeness (QED) is 0.242. The highest BCUT2D eigenvalue weighted by Gasteiger charge is 2.29. The second-order valence-corrected chi connectivity index (χ2v) is 11.5. The van der Waals surface area contributed by atoms with Crippen molar-refractivity contribution in [1.82, 2.24) is 14.6 Å². The van der Waals surface area contributed by atoms with Crippen molar-refractivity contribution < 1.29 is 27.1 Å². The summed E-state index contributed by atoms with van der Waals surface area (Å²) in [6.07, 6.45) is 1.73. The number of hydrogen-bond acceptors (Lipinski definition) is 9. The molecule has 0 bridgehead atoms. The minimum Gasteiger partial charge on any atom is -0.392 e. The number of nitrogens with two attached hydrogens (primary N) is 1. The molecule has 194 valence electrons. The summed E-state index contributed by atoms with van der Waals surface area (Å²) in [5.74, 6) is -2.91. The number of sulfonamides is 1. The number of halogens is 2. The third-order valence-corrected chi connectivity index (χ3v) is 8.79. The van der Waals surface area contributed by atoms with Crippen LogP contribution >= 0.6 is 11.3 Å². The molecule has 1 aromatic heterocycles. The summed E-state index contributed by atoms with van der Waals surface area (Å²) in [5.41, 5.74) is 5.17. The summed E-state index contributed by atoms with van der Waals surface area (Å²) in [6, 6.07) is 3.09. The van der Waals surface area contributed by atoms with E-state index in [1.165, 1.54) is 10.4 Å². The van der Waals surface area contributed by atoms with Gasteiger partial charge in [-0.15, -0.1) is 0 Å². The topological polar surface area (TPSA) is 138 Å². The number of aliphatic hydroxyl groups excluding tert-OH is 1. The van der Waals surface area contributed by atoms with Crippen LogP contribution in [-0.4, -0.2) is 72.7 Å². The highest BCUT2D eigenvalue weighted by molar-refractivity contribution is 7.89. The maximum Gasteiger partial charge on any atom is 0.214 e. The van der Waals surface area contributed by atoms with E-state index in [2.05, 4.69) is 15.6 Å². The summed E-state index contributed by atoms with van der Waals surface area (Å²) < 4.78 is 54.7. The van der Waals surface area contributed by atoms with E-state index in [4.69, 9.17) is 5.73 Å². The number of aromatic nitrogens is 1. The van der Waals surface area contributed by atoms with Crippen molar-refractivity contribution in [3.63, 3.8) is 0 Å². The molecule has 1 aliphatic rings. The third kappa shape index (κ3) is 7.17. The predicted molar refractivity (Wildman–Crippen MR) is 132 cm³/mol. The maximum absolute atomic E-state index is 14.0. The Labute approximate surface area is 207 Å². The Morgan fingerprint density at radius 3 is 2.60 bits per heavy atom. The molecule has 5 N–H and O–H groups in total. The van der Waals surface area contributed by atoms with Gasteiger partial charge in [-0.3, -0.25) is 4.79 Å². The molecule has 0 radical (unpaired) electrons. The SMILES string of the molecule is CCC(O)CNCCCS(=O)(=O)N1CCC(Nc2nc(N)c(C(=O)c3c(F)cccc3F)s2)CC1. The van der Waals surface area contributed by atoms with Gasteiger partial charge >= 0.3 is 0 Å². The number of piperidine rings is 1. The second kappa shape index (κ2) is 12.2. The lowest BCUT2D eigenvalue weighted by Crippen LogP contribution is -2.43. The van der Waals surface area contributed by atoms with Crippen LogP contribution in [0.5, 0.6) is 0 Å². The lowest BCUT2D eigenvalue weighted by Gasteiger charge is -2.31. The second-order valence-electron chi connectivity index (χ2n) is 8.41. The Balaban J connectivity index is 1.51. The Morgan fingerprint density at radius 2 is 1.97 bits per heavy atom. The van der Waals surface area contributed by atoms with Crippen LogP contribution in [-0.2, 0) is 10.0 Å². The van der Waals surface area contributed by atoms with Crippen LogP contribution in [0, 0.1) is 11.6 Å². The fourth-order valence-electron chi connectivity index (χ4n) is 3.76. The van der Waals surface area contributed by atoms with Gasteiger partial charge in [-0.05, 0) is 44.4 Å². The summed E-state index contributed by atoms with van der Waals surface area (Å²) in [5, 5.41) is 16.1. The zero-order valence-electron chi connectivity index (χ0n) is 19.5. The number of carbonyl (C=O) groups is 1. The Morgan fingerprint density at radius 1 is 1.31 bits per heavy atom. The standard InChI is InChI=1S/C22H31F2N5O4S2/c1-2-15(30)13-26-9-4-12-35(32,33)29-10-7-14(8-11-29)27-22-28-21(25)20(34-22)19(31)18-16(23)5-3-6-17(18)24/h3,5-6,14-15,26,30H,2,4,7-13,25H2,1H3,(H,27,28). The zero-order chi connectivity index (χ0) is 25.6. The summed E-state index contributed by atoms with van der Waals surface area (Å²) in [4.78, 5) is 16.7. The molecule has 13 heteroatoms. The van der Waals surface area contributed by atoms with Crippen molar-refractivity contribution >= 4 is 38.1 Å². The first-order valence-electron chi connectivity index (χ1n) is 11.5. The molecule has 1 aliphatic heterocycles. The molecule has 1 fully saturated rings. The number of hydrogen-bond donors (Lipinski definition) is 4. The molecule has 2 aromatic rings. The lowest BCUT2D eigenvalue weighted by molar-refractivity contribution is 0.103. The van der Waals surface area contributed by atoms with Gasteiger partial charge in [0.15, 0.2) is 5.13 Å². The van der Waals surface area contributed by atoms with Crippen molar-refractivity contribution in [2.24, 2.45) is 0 Å². The molecule has 1 unspecified atom stereocenters. The lowest BCUT2D eigenvalue weighted by atomic mass is 10.1. The van der Waals surface area contributed by atoms with E-state index in [-0.39, 0.29) is 22.5 Å². The average Bonchev–Trinajstić information content (AvgIpc) is 3.18. The van der Waals surface area contributed by atoms with E-state index in [0.717, 1.165) is 23.5 Å². The highest BCUT2D eigenvalue weighted by Crippen LogP contribution is 2.30. The number of carbonyl (C=O) groups excluding carboxylic acids is 1. The van der Waals surface area contributed by atoms with E-state index in [1.807, 2.05) is 6.92 Å². The number of thiazole rings is 1. The molecule has 3 rings (SSSR count). The van der Waals surface area contributed by atoms with E-state index in [1.54, 1.807) is 0 Å². The van der Waals surface area contributed by atoms with Crippen molar-refractivity contribution in [3.8, 4) is 0 Å². The maximum atomic E-state index is 14.0. The van der Waals surface area contributed by atoms with Gasteiger partial charge < -0.3 is 21.5 Å². The van der Waals surface area contributed by atoms with Gasteiger partial charge in [0.1, 0.15) is 22.3 Å². The Kier molecular flexibility index (Phi) is 9.53. The molecule has 35 heavy (non-hydrogen) atoms. The predicted octanol–water partition coefficient (Wildman–Crippen LogP) is 2.19. The largest absolute Gasteiger partial charge is 0.392 e. The normalized spacial score (nSPS) is 16.3.